The number of alkyl carbamates (subject to hydrolysis) is 1. The largest absolute Gasteiger partial charge is 0.453 e. The summed E-state index contributed by atoms with van der Waals surface area (Å²) in [7, 11) is 1.19. The molecule has 5 nitrogen and oxygen atoms in total. The first-order valence-corrected chi connectivity index (χ1v) is 4.94. The van der Waals surface area contributed by atoms with Gasteiger partial charge >= 0.3 is 6.09 Å². The van der Waals surface area contributed by atoms with E-state index < -0.39 is 23.9 Å². The van der Waals surface area contributed by atoms with E-state index >= 15 is 0 Å². The number of amides is 2. The molecule has 92 valence electrons. The third-order valence-corrected chi connectivity index (χ3v) is 2.04. The van der Waals surface area contributed by atoms with Crippen molar-refractivity contribution >= 4 is 17.7 Å². The number of rotatable bonds is 3. The molecule has 0 saturated heterocycles. The maximum absolute atomic E-state index is 13.2. The lowest BCUT2D eigenvalue weighted by Gasteiger charge is -2.13. The van der Waals surface area contributed by atoms with E-state index in [0.717, 1.165) is 0 Å². The van der Waals surface area contributed by atoms with E-state index in [0.29, 0.717) is 0 Å². The Kier molecular flexibility index (Phi) is 4.45. The molecule has 1 atom stereocenters. The van der Waals surface area contributed by atoms with Gasteiger partial charge in [-0.1, -0.05) is 12.1 Å². The highest BCUT2D eigenvalue weighted by atomic mass is 19.1. The van der Waals surface area contributed by atoms with Crippen molar-refractivity contribution in [2.24, 2.45) is 0 Å². The molecule has 17 heavy (non-hydrogen) atoms. The van der Waals surface area contributed by atoms with Crippen molar-refractivity contribution in [1.82, 2.24) is 5.32 Å². The van der Waals surface area contributed by atoms with Gasteiger partial charge in [0.15, 0.2) is 0 Å². The van der Waals surface area contributed by atoms with Gasteiger partial charge in [-0.3, -0.25) is 4.79 Å². The van der Waals surface area contributed by atoms with Gasteiger partial charge in [0.25, 0.3) is 0 Å². The van der Waals surface area contributed by atoms with E-state index in [1.54, 1.807) is 6.07 Å². The normalized spacial score (nSPS) is 11.5. The monoisotopic (exact) mass is 240 g/mol. The second-order valence-corrected chi connectivity index (χ2v) is 3.33. The molecule has 0 bridgehead atoms. The van der Waals surface area contributed by atoms with E-state index in [-0.39, 0.29) is 5.69 Å². The van der Waals surface area contributed by atoms with Gasteiger partial charge in [-0.05, 0) is 19.1 Å². The van der Waals surface area contributed by atoms with Crippen molar-refractivity contribution in [2.75, 3.05) is 12.4 Å². The molecule has 0 heterocycles. The fourth-order valence-electron chi connectivity index (χ4n) is 1.10. The Hall–Kier alpha value is -2.11. The van der Waals surface area contributed by atoms with Crippen molar-refractivity contribution in [2.45, 2.75) is 13.0 Å². The number of para-hydroxylation sites is 1. The number of carbonyl (C=O) groups is 2. The van der Waals surface area contributed by atoms with Gasteiger partial charge in [0.05, 0.1) is 12.8 Å². The molecule has 2 amide bonds. The number of methoxy groups -OCH3 is 1. The van der Waals surface area contributed by atoms with Crippen molar-refractivity contribution in [3.63, 3.8) is 0 Å². The van der Waals surface area contributed by atoms with Crippen LogP contribution in [0.5, 0.6) is 0 Å². The summed E-state index contributed by atoms with van der Waals surface area (Å²) in [4.78, 5) is 22.4. The lowest BCUT2D eigenvalue weighted by atomic mass is 10.2. The summed E-state index contributed by atoms with van der Waals surface area (Å²) >= 11 is 0. The maximum atomic E-state index is 13.2. The number of carbonyl (C=O) groups excluding carboxylic acids is 2. The summed E-state index contributed by atoms with van der Waals surface area (Å²) in [5.74, 6) is -1.06. The first kappa shape index (κ1) is 13.0. The zero-order valence-electron chi connectivity index (χ0n) is 9.49. The van der Waals surface area contributed by atoms with Gasteiger partial charge in [-0.25, -0.2) is 9.18 Å². The summed E-state index contributed by atoms with van der Waals surface area (Å²) in [6.45, 7) is 1.47. The maximum Gasteiger partial charge on any atom is 0.407 e. The van der Waals surface area contributed by atoms with Crippen LogP contribution < -0.4 is 10.6 Å². The number of hydrogen-bond donors (Lipinski definition) is 2. The highest BCUT2D eigenvalue weighted by Crippen LogP contribution is 2.12. The summed E-state index contributed by atoms with van der Waals surface area (Å²) in [6.07, 6.45) is -0.721. The summed E-state index contributed by atoms with van der Waals surface area (Å²) in [6, 6.07) is 4.95. The van der Waals surface area contributed by atoms with Crippen molar-refractivity contribution < 1.29 is 18.7 Å². The van der Waals surface area contributed by atoms with Crippen LogP contribution in [0.1, 0.15) is 6.92 Å². The third-order valence-electron chi connectivity index (χ3n) is 2.04. The van der Waals surface area contributed by atoms with Crippen LogP contribution in [0.2, 0.25) is 0 Å². The topological polar surface area (TPSA) is 67.4 Å². The van der Waals surface area contributed by atoms with Crippen LogP contribution in [0.15, 0.2) is 24.3 Å². The molecular weight excluding hydrogens is 227 g/mol. The van der Waals surface area contributed by atoms with Crippen LogP contribution in [0.3, 0.4) is 0 Å². The molecule has 0 aliphatic rings. The summed E-state index contributed by atoms with van der Waals surface area (Å²) in [5.41, 5.74) is 0.0658. The smallest absolute Gasteiger partial charge is 0.407 e. The number of nitrogens with one attached hydrogen (secondary N) is 2. The third kappa shape index (κ3) is 3.75. The van der Waals surface area contributed by atoms with Gasteiger partial charge in [0, 0.05) is 0 Å². The van der Waals surface area contributed by atoms with Crippen LogP contribution in [0.25, 0.3) is 0 Å². The number of anilines is 1. The lowest BCUT2D eigenvalue weighted by molar-refractivity contribution is -0.117. The van der Waals surface area contributed by atoms with Crippen LogP contribution in [0.4, 0.5) is 14.9 Å². The Balaban J connectivity index is 2.60. The Morgan fingerprint density at radius 2 is 2.00 bits per heavy atom. The highest BCUT2D eigenvalue weighted by Gasteiger charge is 2.16. The molecule has 1 rings (SSSR count). The van der Waals surface area contributed by atoms with E-state index in [2.05, 4.69) is 15.4 Å². The van der Waals surface area contributed by atoms with Gasteiger partial charge in [-0.2, -0.15) is 0 Å². The average molecular weight is 240 g/mol. The van der Waals surface area contributed by atoms with E-state index in [9.17, 15) is 14.0 Å². The Labute approximate surface area is 98.0 Å². The molecule has 0 radical (unpaired) electrons. The highest BCUT2D eigenvalue weighted by molar-refractivity contribution is 5.96. The first-order chi connectivity index (χ1) is 8.04. The Morgan fingerprint density at radius 3 is 2.59 bits per heavy atom. The van der Waals surface area contributed by atoms with E-state index in [1.165, 1.54) is 32.2 Å². The predicted octanol–water partition coefficient (Wildman–Crippen LogP) is 1.51. The molecule has 0 aliphatic heterocycles. The molecule has 6 heteroatoms. The molecule has 2 N–H and O–H groups in total. The molecule has 0 fully saturated rings. The fourth-order valence-corrected chi connectivity index (χ4v) is 1.10. The molecule has 1 aromatic rings. The van der Waals surface area contributed by atoms with Crippen LogP contribution in [-0.2, 0) is 9.53 Å². The van der Waals surface area contributed by atoms with Crippen LogP contribution in [-0.4, -0.2) is 25.2 Å². The minimum atomic E-state index is -0.818. The van der Waals surface area contributed by atoms with Gasteiger partial charge in [0.2, 0.25) is 5.91 Å². The van der Waals surface area contributed by atoms with Crippen molar-refractivity contribution in [3.8, 4) is 0 Å². The van der Waals surface area contributed by atoms with Gasteiger partial charge in [-0.15, -0.1) is 0 Å². The Morgan fingerprint density at radius 1 is 1.35 bits per heavy atom. The molecule has 0 aliphatic carbocycles. The average Bonchev–Trinajstić information content (AvgIpc) is 2.31. The Bertz CT molecular complexity index is 423. The molecule has 1 aromatic carbocycles. The zero-order valence-corrected chi connectivity index (χ0v) is 9.49. The lowest BCUT2D eigenvalue weighted by Crippen LogP contribution is -2.41. The number of hydrogen-bond acceptors (Lipinski definition) is 3. The minimum absolute atomic E-state index is 0.0658. The predicted molar refractivity (Wildman–Crippen MR) is 60.0 cm³/mol. The summed E-state index contributed by atoms with van der Waals surface area (Å²) in [5, 5.41) is 4.63. The van der Waals surface area contributed by atoms with Gasteiger partial charge < -0.3 is 15.4 Å². The van der Waals surface area contributed by atoms with Crippen molar-refractivity contribution in [1.29, 1.82) is 0 Å². The molecular formula is C11H13FN2O3. The standard InChI is InChI=1S/C11H13FN2O3/c1-7(13-11(16)17-2)10(15)14-9-6-4-3-5-8(9)12/h3-7H,1-2H3,(H,13,16)(H,14,15). The quantitative estimate of drug-likeness (QED) is 0.841. The van der Waals surface area contributed by atoms with Crippen LogP contribution in [0, 0.1) is 5.82 Å². The molecule has 1 unspecified atom stereocenters. The van der Waals surface area contributed by atoms with Crippen LogP contribution >= 0.6 is 0 Å². The fraction of sp³-hybridized carbons (Fsp3) is 0.273. The second-order valence-electron chi connectivity index (χ2n) is 3.33. The SMILES string of the molecule is COC(=O)NC(C)C(=O)Nc1ccccc1F. The van der Waals surface area contributed by atoms with E-state index in [1.807, 2.05) is 0 Å². The zero-order chi connectivity index (χ0) is 12.8. The number of halogens is 1. The summed E-state index contributed by atoms with van der Waals surface area (Å²) < 4.78 is 17.6. The van der Waals surface area contributed by atoms with Crippen molar-refractivity contribution in [3.05, 3.63) is 30.1 Å². The second kappa shape index (κ2) is 5.83. The van der Waals surface area contributed by atoms with Gasteiger partial charge in [0.1, 0.15) is 11.9 Å². The molecule has 0 saturated carbocycles. The molecule has 0 spiro atoms. The number of benzene rings is 1. The van der Waals surface area contributed by atoms with E-state index in [4.69, 9.17) is 0 Å². The minimum Gasteiger partial charge on any atom is -0.453 e. The first-order valence-electron chi connectivity index (χ1n) is 4.94. The molecule has 0 aromatic heterocycles. The number of ether oxygens (including phenoxy) is 1.